The molecule has 0 aliphatic rings. The molecule has 106 valence electrons. The predicted molar refractivity (Wildman–Crippen MR) is 79.6 cm³/mol. The molecule has 1 amide bonds. The van der Waals surface area contributed by atoms with Crippen molar-refractivity contribution >= 4 is 11.6 Å². The van der Waals surface area contributed by atoms with Crippen LogP contribution in [0.1, 0.15) is 29.4 Å². The monoisotopic (exact) mass is 272 g/mol. The van der Waals surface area contributed by atoms with Crippen LogP contribution in [0.15, 0.2) is 36.8 Å². The number of carbonyl (C=O) groups is 1. The molecular formula is C15H20N4O. The first kappa shape index (κ1) is 14.3. The van der Waals surface area contributed by atoms with Gasteiger partial charge in [-0.3, -0.25) is 4.79 Å². The number of nitrogens with one attached hydrogen (secondary N) is 2. The lowest BCUT2D eigenvalue weighted by Crippen LogP contribution is -2.16. The average Bonchev–Trinajstić information content (AvgIpc) is 2.86. The highest BCUT2D eigenvalue weighted by Gasteiger charge is 2.09. The Morgan fingerprint density at radius 1 is 1.40 bits per heavy atom. The van der Waals surface area contributed by atoms with Gasteiger partial charge < -0.3 is 15.2 Å². The molecule has 2 N–H and O–H groups in total. The van der Waals surface area contributed by atoms with E-state index in [0.29, 0.717) is 5.69 Å². The van der Waals surface area contributed by atoms with Crippen LogP contribution in [-0.4, -0.2) is 22.0 Å². The van der Waals surface area contributed by atoms with E-state index in [-0.39, 0.29) is 5.91 Å². The SMILES string of the molecule is CCCNCc1cccc(NC(=O)c2cncn2C)c1. The molecule has 0 aliphatic carbocycles. The van der Waals surface area contributed by atoms with E-state index in [1.54, 1.807) is 24.1 Å². The maximum atomic E-state index is 12.1. The molecule has 2 rings (SSSR count). The Bertz CT molecular complexity index is 577. The van der Waals surface area contributed by atoms with Gasteiger partial charge in [0.1, 0.15) is 5.69 Å². The number of aromatic nitrogens is 2. The van der Waals surface area contributed by atoms with Crippen molar-refractivity contribution in [1.29, 1.82) is 0 Å². The van der Waals surface area contributed by atoms with Gasteiger partial charge in [-0.05, 0) is 30.7 Å². The maximum Gasteiger partial charge on any atom is 0.273 e. The zero-order valence-electron chi connectivity index (χ0n) is 11.9. The van der Waals surface area contributed by atoms with Gasteiger partial charge in [0.2, 0.25) is 0 Å². The van der Waals surface area contributed by atoms with Crippen molar-refractivity contribution in [2.24, 2.45) is 7.05 Å². The number of hydrogen-bond acceptors (Lipinski definition) is 3. The van der Waals surface area contributed by atoms with Crippen LogP contribution in [0.5, 0.6) is 0 Å². The van der Waals surface area contributed by atoms with Crippen molar-refractivity contribution in [2.75, 3.05) is 11.9 Å². The molecule has 0 unspecified atom stereocenters. The molecule has 0 saturated carbocycles. The van der Waals surface area contributed by atoms with Crippen molar-refractivity contribution in [3.8, 4) is 0 Å². The van der Waals surface area contributed by atoms with Gasteiger partial charge in [0.25, 0.3) is 5.91 Å². The summed E-state index contributed by atoms with van der Waals surface area (Å²) in [6, 6.07) is 7.86. The molecule has 20 heavy (non-hydrogen) atoms. The van der Waals surface area contributed by atoms with E-state index >= 15 is 0 Å². The molecule has 0 saturated heterocycles. The van der Waals surface area contributed by atoms with E-state index in [1.807, 2.05) is 24.3 Å². The largest absolute Gasteiger partial charge is 0.330 e. The van der Waals surface area contributed by atoms with Crippen LogP contribution < -0.4 is 10.6 Å². The maximum absolute atomic E-state index is 12.1. The first-order chi connectivity index (χ1) is 9.70. The molecule has 0 bridgehead atoms. The van der Waals surface area contributed by atoms with Gasteiger partial charge in [0.05, 0.1) is 12.5 Å². The molecular weight excluding hydrogens is 252 g/mol. The highest BCUT2D eigenvalue weighted by molar-refractivity contribution is 6.02. The lowest BCUT2D eigenvalue weighted by Gasteiger charge is -2.08. The van der Waals surface area contributed by atoms with Crippen molar-refractivity contribution in [3.63, 3.8) is 0 Å². The number of imidazole rings is 1. The fourth-order valence-electron chi connectivity index (χ4n) is 1.94. The zero-order chi connectivity index (χ0) is 14.4. The highest BCUT2D eigenvalue weighted by atomic mass is 16.1. The van der Waals surface area contributed by atoms with Gasteiger partial charge >= 0.3 is 0 Å². The molecule has 0 radical (unpaired) electrons. The Morgan fingerprint density at radius 3 is 2.95 bits per heavy atom. The molecule has 0 aliphatic heterocycles. The third kappa shape index (κ3) is 3.68. The molecule has 1 aromatic heterocycles. The van der Waals surface area contributed by atoms with E-state index in [4.69, 9.17) is 0 Å². The Labute approximate surface area is 119 Å². The summed E-state index contributed by atoms with van der Waals surface area (Å²) in [5, 5.41) is 6.23. The number of aryl methyl sites for hydroxylation is 1. The fourth-order valence-corrected chi connectivity index (χ4v) is 1.94. The third-order valence-electron chi connectivity index (χ3n) is 2.99. The highest BCUT2D eigenvalue weighted by Crippen LogP contribution is 2.12. The lowest BCUT2D eigenvalue weighted by atomic mass is 10.2. The molecule has 0 spiro atoms. The number of nitrogens with zero attached hydrogens (tertiary/aromatic N) is 2. The minimum atomic E-state index is -0.149. The second-order valence-corrected chi connectivity index (χ2v) is 4.72. The number of amides is 1. The van der Waals surface area contributed by atoms with Gasteiger partial charge in [-0.2, -0.15) is 0 Å². The van der Waals surface area contributed by atoms with Crippen LogP contribution in [0.25, 0.3) is 0 Å². The van der Waals surface area contributed by atoms with Gasteiger partial charge in [-0.25, -0.2) is 4.98 Å². The number of anilines is 1. The van der Waals surface area contributed by atoms with Crippen LogP contribution in [0.4, 0.5) is 5.69 Å². The molecule has 0 fully saturated rings. The van der Waals surface area contributed by atoms with Crippen molar-refractivity contribution in [1.82, 2.24) is 14.9 Å². The minimum absolute atomic E-state index is 0.149. The van der Waals surface area contributed by atoms with Crippen LogP contribution in [0.2, 0.25) is 0 Å². The Kier molecular flexibility index (Phi) is 4.90. The van der Waals surface area contributed by atoms with Crippen molar-refractivity contribution in [3.05, 3.63) is 48.0 Å². The number of hydrogen-bond donors (Lipinski definition) is 2. The van der Waals surface area contributed by atoms with Gasteiger partial charge in [0, 0.05) is 19.3 Å². The summed E-state index contributed by atoms with van der Waals surface area (Å²) < 4.78 is 1.70. The lowest BCUT2D eigenvalue weighted by molar-refractivity contribution is 0.101. The number of carbonyl (C=O) groups excluding carboxylic acids is 1. The summed E-state index contributed by atoms with van der Waals surface area (Å²) in [6.07, 6.45) is 4.28. The number of rotatable bonds is 6. The zero-order valence-corrected chi connectivity index (χ0v) is 11.9. The second kappa shape index (κ2) is 6.86. The molecule has 1 aromatic carbocycles. The molecule has 5 nitrogen and oxygen atoms in total. The predicted octanol–water partition coefficient (Wildman–Crippen LogP) is 2.17. The summed E-state index contributed by atoms with van der Waals surface area (Å²) in [5.74, 6) is -0.149. The Morgan fingerprint density at radius 2 is 2.25 bits per heavy atom. The first-order valence-electron chi connectivity index (χ1n) is 6.78. The average molecular weight is 272 g/mol. The summed E-state index contributed by atoms with van der Waals surface area (Å²) in [7, 11) is 1.80. The van der Waals surface area contributed by atoms with E-state index in [9.17, 15) is 4.79 Å². The van der Waals surface area contributed by atoms with E-state index in [2.05, 4.69) is 22.5 Å². The van der Waals surface area contributed by atoms with Crippen LogP contribution in [0.3, 0.4) is 0 Å². The second-order valence-electron chi connectivity index (χ2n) is 4.72. The fraction of sp³-hybridized carbons (Fsp3) is 0.333. The summed E-state index contributed by atoms with van der Waals surface area (Å²) in [5.41, 5.74) is 2.49. The van der Waals surface area contributed by atoms with E-state index in [0.717, 1.165) is 30.8 Å². The normalized spacial score (nSPS) is 10.5. The molecule has 5 heteroatoms. The van der Waals surface area contributed by atoms with Crippen LogP contribution in [-0.2, 0) is 13.6 Å². The molecule has 0 atom stereocenters. The van der Waals surface area contributed by atoms with Gasteiger partial charge in [0.15, 0.2) is 0 Å². The van der Waals surface area contributed by atoms with Crippen LogP contribution in [0, 0.1) is 0 Å². The Balaban J connectivity index is 2.01. The summed E-state index contributed by atoms with van der Waals surface area (Å²) >= 11 is 0. The Hall–Kier alpha value is -2.14. The quantitative estimate of drug-likeness (QED) is 0.792. The smallest absolute Gasteiger partial charge is 0.273 e. The van der Waals surface area contributed by atoms with Gasteiger partial charge in [-0.1, -0.05) is 19.1 Å². The van der Waals surface area contributed by atoms with Crippen molar-refractivity contribution in [2.45, 2.75) is 19.9 Å². The summed E-state index contributed by atoms with van der Waals surface area (Å²) in [6.45, 7) is 3.94. The topological polar surface area (TPSA) is 58.9 Å². The summed E-state index contributed by atoms with van der Waals surface area (Å²) in [4.78, 5) is 16.0. The molecule has 1 heterocycles. The first-order valence-corrected chi connectivity index (χ1v) is 6.78. The van der Waals surface area contributed by atoms with Crippen LogP contribution >= 0.6 is 0 Å². The van der Waals surface area contributed by atoms with Gasteiger partial charge in [-0.15, -0.1) is 0 Å². The number of benzene rings is 1. The minimum Gasteiger partial charge on any atom is -0.330 e. The standard InChI is InChI=1S/C15H20N4O/c1-3-7-16-9-12-5-4-6-13(8-12)18-15(20)14-10-17-11-19(14)2/h4-6,8,10-11,16H,3,7,9H2,1-2H3,(H,18,20). The van der Waals surface area contributed by atoms with Crippen molar-refractivity contribution < 1.29 is 4.79 Å². The molecule has 2 aromatic rings. The van der Waals surface area contributed by atoms with E-state index in [1.165, 1.54) is 0 Å². The van der Waals surface area contributed by atoms with E-state index < -0.39 is 0 Å². The third-order valence-corrected chi connectivity index (χ3v) is 2.99.